The largest absolute Gasteiger partial charge is 0.397 e. The maximum atomic E-state index is 11.0. The summed E-state index contributed by atoms with van der Waals surface area (Å²) in [6, 6.07) is 0. The van der Waals surface area contributed by atoms with Gasteiger partial charge in [0.25, 0.3) is 0 Å². The van der Waals surface area contributed by atoms with Crippen LogP contribution in [0.15, 0.2) is 0 Å². The zero-order chi connectivity index (χ0) is 14.3. The van der Waals surface area contributed by atoms with Crippen LogP contribution in [0, 0.1) is 29.6 Å². The van der Waals surface area contributed by atoms with Gasteiger partial charge >= 0.3 is 10.4 Å². The first-order valence-electron chi connectivity index (χ1n) is 8.11. The lowest BCUT2D eigenvalue weighted by molar-refractivity contribution is -0.0477. The molecule has 0 amide bonds. The number of hydrogen-bond acceptors (Lipinski definition) is 3. The van der Waals surface area contributed by atoms with E-state index < -0.39 is 10.4 Å². The summed E-state index contributed by atoms with van der Waals surface area (Å²) in [6.45, 7) is 2.11. The average Bonchev–Trinajstić information content (AvgIpc) is 2.40. The highest BCUT2D eigenvalue weighted by molar-refractivity contribution is 7.80. The summed E-state index contributed by atoms with van der Waals surface area (Å²) in [6.07, 6.45) is 9.53. The first-order chi connectivity index (χ1) is 9.46. The summed E-state index contributed by atoms with van der Waals surface area (Å²) in [5.41, 5.74) is 0. The normalized spacial score (nSPS) is 45.5. The molecule has 0 aromatic rings. The van der Waals surface area contributed by atoms with E-state index in [1.807, 2.05) is 0 Å². The molecule has 0 saturated heterocycles. The predicted octanol–water partition coefficient (Wildman–Crippen LogP) is 3.44. The second kappa shape index (κ2) is 5.58. The molecule has 3 rings (SSSR count). The summed E-state index contributed by atoms with van der Waals surface area (Å²) in [5.74, 6) is 3.34. The molecule has 3 fully saturated rings. The van der Waals surface area contributed by atoms with Crippen LogP contribution in [0.5, 0.6) is 0 Å². The van der Waals surface area contributed by atoms with Crippen molar-refractivity contribution in [2.75, 3.05) is 0 Å². The third-order valence-corrected chi connectivity index (χ3v) is 6.72. The Morgan fingerprint density at radius 2 is 1.60 bits per heavy atom. The zero-order valence-electron chi connectivity index (χ0n) is 12.2. The van der Waals surface area contributed by atoms with Gasteiger partial charge in [-0.15, -0.1) is 0 Å². The van der Waals surface area contributed by atoms with Crippen molar-refractivity contribution in [3.63, 3.8) is 0 Å². The molecule has 0 bridgehead atoms. The van der Waals surface area contributed by atoms with Gasteiger partial charge < -0.3 is 0 Å². The van der Waals surface area contributed by atoms with E-state index in [4.69, 9.17) is 8.74 Å². The minimum absolute atomic E-state index is 0.235. The van der Waals surface area contributed by atoms with Crippen molar-refractivity contribution in [3.05, 3.63) is 0 Å². The van der Waals surface area contributed by atoms with Gasteiger partial charge in [0.2, 0.25) is 0 Å². The summed E-state index contributed by atoms with van der Waals surface area (Å²) in [5, 5.41) is 0. The smallest absolute Gasteiger partial charge is 0.264 e. The molecule has 0 spiro atoms. The minimum atomic E-state index is -4.32. The molecule has 20 heavy (non-hydrogen) atoms. The number of rotatable bonds is 2. The fraction of sp³-hybridized carbons (Fsp3) is 1.00. The standard InChI is InChI=1S/C15H26O4S/c1-10-12-7-6-11-4-2-3-5-13(11)14(12)8-9-15(10)19-20(16,17)18/h10-15H,2-9H2,1H3,(H,16,17,18). The Morgan fingerprint density at radius 3 is 2.35 bits per heavy atom. The maximum absolute atomic E-state index is 11.0. The van der Waals surface area contributed by atoms with E-state index in [0.717, 1.165) is 30.6 Å². The Bertz CT molecular complexity index is 447. The van der Waals surface area contributed by atoms with Gasteiger partial charge in [0.1, 0.15) is 0 Å². The van der Waals surface area contributed by atoms with Crippen LogP contribution in [0.2, 0.25) is 0 Å². The van der Waals surface area contributed by atoms with E-state index in [1.54, 1.807) is 0 Å². The third-order valence-electron chi connectivity index (χ3n) is 6.23. The van der Waals surface area contributed by atoms with Crippen molar-refractivity contribution < 1.29 is 17.2 Å². The summed E-state index contributed by atoms with van der Waals surface area (Å²) < 4.78 is 35.8. The van der Waals surface area contributed by atoms with Crippen LogP contribution in [0.1, 0.15) is 58.3 Å². The predicted molar refractivity (Wildman–Crippen MR) is 76.5 cm³/mol. The lowest BCUT2D eigenvalue weighted by Gasteiger charge is -2.51. The molecule has 0 heterocycles. The van der Waals surface area contributed by atoms with Gasteiger partial charge in [-0.25, -0.2) is 4.18 Å². The Morgan fingerprint density at radius 1 is 0.900 bits per heavy atom. The second-order valence-electron chi connectivity index (χ2n) is 7.11. The lowest BCUT2D eigenvalue weighted by atomic mass is 9.55. The molecule has 3 aliphatic carbocycles. The molecule has 0 aliphatic heterocycles. The molecule has 0 radical (unpaired) electrons. The van der Waals surface area contributed by atoms with Crippen molar-refractivity contribution >= 4 is 10.4 Å². The van der Waals surface area contributed by atoms with Crippen LogP contribution in [-0.2, 0) is 14.6 Å². The Kier molecular flexibility index (Phi) is 4.13. The van der Waals surface area contributed by atoms with E-state index in [9.17, 15) is 8.42 Å². The number of hydrogen-bond donors (Lipinski definition) is 1. The highest BCUT2D eigenvalue weighted by Crippen LogP contribution is 2.53. The van der Waals surface area contributed by atoms with Gasteiger partial charge in [-0.1, -0.05) is 26.2 Å². The molecule has 3 saturated carbocycles. The summed E-state index contributed by atoms with van der Waals surface area (Å²) in [4.78, 5) is 0. The lowest BCUT2D eigenvalue weighted by Crippen LogP contribution is -2.46. The SMILES string of the molecule is CC1C(OS(=O)(=O)O)CCC2C3CCCCC3CCC12. The van der Waals surface area contributed by atoms with Crippen LogP contribution in [0.25, 0.3) is 0 Å². The van der Waals surface area contributed by atoms with Crippen molar-refractivity contribution in [2.24, 2.45) is 29.6 Å². The molecule has 3 aliphatic rings. The first kappa shape index (κ1) is 14.8. The van der Waals surface area contributed by atoms with Crippen molar-refractivity contribution in [2.45, 2.75) is 64.4 Å². The monoisotopic (exact) mass is 302 g/mol. The fourth-order valence-corrected chi connectivity index (χ4v) is 5.95. The van der Waals surface area contributed by atoms with E-state index in [-0.39, 0.29) is 12.0 Å². The second-order valence-corrected chi connectivity index (χ2v) is 8.16. The molecule has 4 nitrogen and oxygen atoms in total. The van der Waals surface area contributed by atoms with E-state index in [2.05, 4.69) is 6.92 Å². The highest BCUT2D eigenvalue weighted by Gasteiger charge is 2.47. The quantitative estimate of drug-likeness (QED) is 0.794. The Hall–Kier alpha value is -0.130. The van der Waals surface area contributed by atoms with Gasteiger partial charge in [0, 0.05) is 0 Å². The Balaban J connectivity index is 1.71. The number of fused-ring (bicyclic) bond motifs is 3. The van der Waals surface area contributed by atoms with Gasteiger partial charge in [-0.05, 0) is 61.7 Å². The van der Waals surface area contributed by atoms with Gasteiger partial charge in [-0.3, -0.25) is 4.55 Å². The summed E-state index contributed by atoms with van der Waals surface area (Å²) >= 11 is 0. The Labute approximate surface area is 122 Å². The van der Waals surface area contributed by atoms with E-state index in [1.165, 1.54) is 38.5 Å². The van der Waals surface area contributed by atoms with Crippen molar-refractivity contribution in [1.29, 1.82) is 0 Å². The average molecular weight is 302 g/mol. The molecule has 116 valence electrons. The molecular formula is C15H26O4S. The highest BCUT2D eigenvalue weighted by atomic mass is 32.3. The van der Waals surface area contributed by atoms with Crippen LogP contribution < -0.4 is 0 Å². The van der Waals surface area contributed by atoms with E-state index >= 15 is 0 Å². The fourth-order valence-electron chi connectivity index (χ4n) is 5.36. The molecule has 0 aromatic carbocycles. The molecule has 6 unspecified atom stereocenters. The maximum Gasteiger partial charge on any atom is 0.397 e. The van der Waals surface area contributed by atoms with Crippen molar-refractivity contribution in [3.8, 4) is 0 Å². The summed E-state index contributed by atoms with van der Waals surface area (Å²) in [7, 11) is -4.32. The van der Waals surface area contributed by atoms with Crippen LogP contribution in [-0.4, -0.2) is 19.1 Å². The topological polar surface area (TPSA) is 63.6 Å². The van der Waals surface area contributed by atoms with Crippen LogP contribution >= 0.6 is 0 Å². The third kappa shape index (κ3) is 2.90. The van der Waals surface area contributed by atoms with Crippen LogP contribution in [0.4, 0.5) is 0 Å². The van der Waals surface area contributed by atoms with Crippen molar-refractivity contribution in [1.82, 2.24) is 0 Å². The molecule has 1 N–H and O–H groups in total. The van der Waals surface area contributed by atoms with Gasteiger partial charge in [0.15, 0.2) is 0 Å². The molecule has 5 heteroatoms. The minimum Gasteiger partial charge on any atom is -0.264 e. The molecule has 6 atom stereocenters. The van der Waals surface area contributed by atoms with Gasteiger partial charge in [-0.2, -0.15) is 8.42 Å². The first-order valence-corrected chi connectivity index (χ1v) is 9.48. The van der Waals surface area contributed by atoms with Gasteiger partial charge in [0.05, 0.1) is 6.10 Å². The van der Waals surface area contributed by atoms with E-state index in [0.29, 0.717) is 5.92 Å². The molecular weight excluding hydrogens is 276 g/mol. The molecule has 0 aromatic heterocycles. The zero-order valence-corrected chi connectivity index (χ0v) is 13.0. The van der Waals surface area contributed by atoms with Crippen LogP contribution in [0.3, 0.4) is 0 Å².